The van der Waals surface area contributed by atoms with Gasteiger partial charge in [0.15, 0.2) is 0 Å². The Kier molecular flexibility index (Phi) is 4.63. The number of likely N-dealkylation sites (N-methyl/N-ethyl adjacent to an activating group) is 1. The zero-order chi connectivity index (χ0) is 14.9. The molecule has 1 saturated carbocycles. The summed E-state index contributed by atoms with van der Waals surface area (Å²) in [5, 5.41) is 3.73. The van der Waals surface area contributed by atoms with Gasteiger partial charge in [-0.2, -0.15) is 0 Å². The molecule has 2 saturated heterocycles. The van der Waals surface area contributed by atoms with Crippen molar-refractivity contribution in [2.75, 3.05) is 26.7 Å². The van der Waals surface area contributed by atoms with E-state index in [-0.39, 0.29) is 5.60 Å². The van der Waals surface area contributed by atoms with Gasteiger partial charge in [0.25, 0.3) is 0 Å². The Labute approximate surface area is 130 Å². The lowest BCUT2D eigenvalue weighted by molar-refractivity contribution is -0.152. The Morgan fingerprint density at radius 2 is 2.00 bits per heavy atom. The van der Waals surface area contributed by atoms with Crippen LogP contribution in [-0.2, 0) is 4.74 Å². The maximum absolute atomic E-state index is 6.16. The first kappa shape index (κ1) is 15.8. The summed E-state index contributed by atoms with van der Waals surface area (Å²) in [6.45, 7) is 8.43. The van der Waals surface area contributed by atoms with E-state index in [1.165, 1.54) is 64.5 Å². The molecular weight excluding hydrogens is 260 g/mol. The summed E-state index contributed by atoms with van der Waals surface area (Å²) < 4.78 is 6.16. The molecule has 2 heterocycles. The Morgan fingerprint density at radius 1 is 1.29 bits per heavy atom. The summed E-state index contributed by atoms with van der Waals surface area (Å²) in [5.74, 6) is 0.773. The molecule has 0 amide bonds. The average molecular weight is 294 g/mol. The third-order valence-corrected chi connectivity index (χ3v) is 6.79. The molecule has 0 aromatic heterocycles. The molecule has 3 unspecified atom stereocenters. The largest absolute Gasteiger partial charge is 0.375 e. The quantitative estimate of drug-likeness (QED) is 0.843. The summed E-state index contributed by atoms with van der Waals surface area (Å²) in [7, 11) is 2.18. The van der Waals surface area contributed by atoms with E-state index in [1.807, 2.05) is 0 Å². The van der Waals surface area contributed by atoms with Crippen LogP contribution in [0.5, 0.6) is 0 Å². The molecule has 0 radical (unpaired) electrons. The van der Waals surface area contributed by atoms with E-state index in [0.29, 0.717) is 11.6 Å². The van der Waals surface area contributed by atoms with Gasteiger partial charge in [0, 0.05) is 18.2 Å². The van der Waals surface area contributed by atoms with Gasteiger partial charge in [-0.05, 0) is 84.3 Å². The molecule has 3 rings (SSSR count). The zero-order valence-electron chi connectivity index (χ0n) is 14.3. The predicted molar refractivity (Wildman–Crippen MR) is 87.6 cm³/mol. The van der Waals surface area contributed by atoms with Gasteiger partial charge in [0.05, 0.1) is 5.60 Å². The Balaban J connectivity index is 1.75. The first-order valence-electron chi connectivity index (χ1n) is 9.20. The molecule has 2 aliphatic heterocycles. The highest BCUT2D eigenvalue weighted by molar-refractivity contribution is 5.04. The predicted octanol–water partition coefficient (Wildman–Crippen LogP) is 3.19. The molecule has 3 fully saturated rings. The van der Waals surface area contributed by atoms with E-state index in [4.69, 9.17) is 4.74 Å². The molecule has 3 atom stereocenters. The van der Waals surface area contributed by atoms with E-state index in [9.17, 15) is 0 Å². The number of hydrogen-bond acceptors (Lipinski definition) is 3. The molecule has 3 aliphatic rings. The van der Waals surface area contributed by atoms with E-state index in [0.717, 1.165) is 12.5 Å². The third-order valence-electron chi connectivity index (χ3n) is 6.79. The van der Waals surface area contributed by atoms with Gasteiger partial charge in [-0.15, -0.1) is 0 Å². The first-order chi connectivity index (χ1) is 10.1. The second kappa shape index (κ2) is 6.17. The second-order valence-electron chi connectivity index (χ2n) is 7.81. The van der Waals surface area contributed by atoms with Gasteiger partial charge in [0.2, 0.25) is 0 Å². The SMILES string of the molecule is CCC(C)(C(NC)C1CCOC2(CCC2)C1)N1CCCC1. The molecule has 1 N–H and O–H groups in total. The fraction of sp³-hybridized carbons (Fsp3) is 1.00. The monoisotopic (exact) mass is 294 g/mol. The van der Waals surface area contributed by atoms with E-state index in [2.05, 4.69) is 31.1 Å². The summed E-state index contributed by atoms with van der Waals surface area (Å²) in [6, 6.07) is 0.599. The van der Waals surface area contributed by atoms with Crippen molar-refractivity contribution in [3.05, 3.63) is 0 Å². The van der Waals surface area contributed by atoms with E-state index >= 15 is 0 Å². The molecule has 0 bridgehead atoms. The van der Waals surface area contributed by atoms with Crippen LogP contribution in [0.1, 0.15) is 65.2 Å². The fourth-order valence-electron chi connectivity index (χ4n) is 5.19. The number of likely N-dealkylation sites (tertiary alicyclic amines) is 1. The van der Waals surface area contributed by atoms with Crippen LogP contribution in [0.25, 0.3) is 0 Å². The number of nitrogens with zero attached hydrogens (tertiary/aromatic N) is 1. The number of rotatable bonds is 5. The summed E-state index contributed by atoms with van der Waals surface area (Å²) in [4.78, 5) is 2.76. The molecular formula is C18H34N2O. The molecule has 3 heteroatoms. The minimum absolute atomic E-state index is 0.262. The molecule has 0 aromatic carbocycles. The lowest BCUT2D eigenvalue weighted by Gasteiger charge is -2.53. The lowest BCUT2D eigenvalue weighted by Crippen LogP contribution is -2.62. The topological polar surface area (TPSA) is 24.5 Å². The number of hydrogen-bond donors (Lipinski definition) is 1. The van der Waals surface area contributed by atoms with Gasteiger partial charge in [-0.25, -0.2) is 0 Å². The molecule has 1 aliphatic carbocycles. The zero-order valence-corrected chi connectivity index (χ0v) is 14.3. The van der Waals surface area contributed by atoms with Crippen LogP contribution in [0.15, 0.2) is 0 Å². The lowest BCUT2D eigenvalue weighted by atomic mass is 9.67. The van der Waals surface area contributed by atoms with Crippen LogP contribution in [0.2, 0.25) is 0 Å². The Bertz CT molecular complexity index is 349. The highest BCUT2D eigenvalue weighted by atomic mass is 16.5. The molecule has 122 valence electrons. The minimum atomic E-state index is 0.262. The number of nitrogens with one attached hydrogen (secondary N) is 1. The van der Waals surface area contributed by atoms with Crippen molar-refractivity contribution in [2.45, 2.75) is 82.4 Å². The third kappa shape index (κ3) is 2.77. The number of ether oxygens (including phenoxy) is 1. The molecule has 3 nitrogen and oxygen atoms in total. The second-order valence-corrected chi connectivity index (χ2v) is 7.81. The van der Waals surface area contributed by atoms with Gasteiger partial charge in [0.1, 0.15) is 0 Å². The van der Waals surface area contributed by atoms with Crippen LogP contribution in [0.3, 0.4) is 0 Å². The van der Waals surface area contributed by atoms with Gasteiger partial charge in [-0.1, -0.05) is 6.92 Å². The fourth-order valence-corrected chi connectivity index (χ4v) is 5.19. The average Bonchev–Trinajstić information content (AvgIpc) is 3.01. The van der Waals surface area contributed by atoms with Crippen molar-refractivity contribution in [1.29, 1.82) is 0 Å². The summed E-state index contributed by atoms with van der Waals surface area (Å²) in [5.41, 5.74) is 0.565. The summed E-state index contributed by atoms with van der Waals surface area (Å²) >= 11 is 0. The highest BCUT2D eigenvalue weighted by Crippen LogP contribution is 2.47. The van der Waals surface area contributed by atoms with Crippen LogP contribution >= 0.6 is 0 Å². The van der Waals surface area contributed by atoms with Gasteiger partial charge in [-0.3, -0.25) is 4.90 Å². The smallest absolute Gasteiger partial charge is 0.0685 e. The van der Waals surface area contributed by atoms with Crippen molar-refractivity contribution in [3.8, 4) is 0 Å². The minimum Gasteiger partial charge on any atom is -0.375 e. The van der Waals surface area contributed by atoms with E-state index < -0.39 is 0 Å². The van der Waals surface area contributed by atoms with Gasteiger partial charge >= 0.3 is 0 Å². The van der Waals surface area contributed by atoms with Crippen molar-refractivity contribution in [3.63, 3.8) is 0 Å². The highest BCUT2D eigenvalue weighted by Gasteiger charge is 2.49. The maximum Gasteiger partial charge on any atom is 0.0685 e. The Hall–Kier alpha value is -0.120. The van der Waals surface area contributed by atoms with Crippen molar-refractivity contribution >= 4 is 0 Å². The van der Waals surface area contributed by atoms with Crippen molar-refractivity contribution in [2.24, 2.45) is 5.92 Å². The van der Waals surface area contributed by atoms with Crippen LogP contribution in [-0.4, -0.2) is 48.8 Å². The Morgan fingerprint density at radius 3 is 2.52 bits per heavy atom. The normalized spacial score (nSPS) is 33.6. The van der Waals surface area contributed by atoms with Crippen molar-refractivity contribution < 1.29 is 4.74 Å². The van der Waals surface area contributed by atoms with Crippen molar-refractivity contribution in [1.82, 2.24) is 10.2 Å². The van der Waals surface area contributed by atoms with Crippen LogP contribution < -0.4 is 5.32 Å². The maximum atomic E-state index is 6.16. The van der Waals surface area contributed by atoms with Crippen LogP contribution in [0.4, 0.5) is 0 Å². The van der Waals surface area contributed by atoms with Crippen LogP contribution in [0, 0.1) is 5.92 Å². The first-order valence-corrected chi connectivity index (χ1v) is 9.20. The standard InChI is InChI=1S/C18H34N2O/c1-4-17(2,20-11-5-6-12-20)16(19-3)15-8-13-21-18(14-15)9-7-10-18/h15-16,19H,4-14H2,1-3H3. The van der Waals surface area contributed by atoms with Gasteiger partial charge < -0.3 is 10.1 Å². The molecule has 21 heavy (non-hydrogen) atoms. The summed E-state index contributed by atoms with van der Waals surface area (Å²) in [6.07, 6.45) is 10.5. The van der Waals surface area contributed by atoms with E-state index in [1.54, 1.807) is 0 Å². The molecule has 1 spiro atoms. The molecule has 0 aromatic rings.